The Kier molecular flexibility index (Phi) is 5.87. The summed E-state index contributed by atoms with van der Waals surface area (Å²) in [5.41, 5.74) is 0.774. The quantitative estimate of drug-likeness (QED) is 0.855. The van der Waals surface area contributed by atoms with E-state index in [1.54, 1.807) is 6.20 Å². The van der Waals surface area contributed by atoms with Crippen molar-refractivity contribution in [1.29, 1.82) is 0 Å². The number of anilines is 2. The van der Waals surface area contributed by atoms with E-state index in [9.17, 15) is 4.79 Å². The number of carbonyl (C=O) groups excluding carboxylic acids is 1. The molecule has 132 valence electrons. The number of nitrogens with zero attached hydrogens (tertiary/aromatic N) is 3. The maximum Gasteiger partial charge on any atom is 0.319 e. The molecule has 0 unspecified atom stereocenters. The van der Waals surface area contributed by atoms with Crippen LogP contribution in [-0.4, -0.2) is 67.9 Å². The van der Waals surface area contributed by atoms with Crippen LogP contribution in [0, 0.1) is 0 Å². The number of rotatable bonds is 5. The van der Waals surface area contributed by atoms with Crippen LogP contribution < -0.4 is 15.5 Å². The van der Waals surface area contributed by atoms with E-state index in [2.05, 4.69) is 32.3 Å². The number of amides is 2. The van der Waals surface area contributed by atoms with Crippen molar-refractivity contribution in [3.8, 4) is 0 Å². The Morgan fingerprint density at radius 2 is 2.04 bits per heavy atom. The molecule has 2 amide bonds. The van der Waals surface area contributed by atoms with Crippen molar-refractivity contribution in [2.75, 3.05) is 56.2 Å². The summed E-state index contributed by atoms with van der Waals surface area (Å²) >= 11 is 0. The summed E-state index contributed by atoms with van der Waals surface area (Å²) in [6, 6.07) is 3.88. The van der Waals surface area contributed by atoms with Gasteiger partial charge in [-0.1, -0.05) is 0 Å². The molecule has 3 heterocycles. The third-order valence-electron chi connectivity index (χ3n) is 4.67. The third-order valence-corrected chi connectivity index (χ3v) is 4.67. The van der Waals surface area contributed by atoms with Crippen LogP contribution in [0.25, 0.3) is 0 Å². The second kappa shape index (κ2) is 8.30. The van der Waals surface area contributed by atoms with Gasteiger partial charge >= 0.3 is 6.03 Å². The lowest BCUT2D eigenvalue weighted by Gasteiger charge is -2.32. The fraction of sp³-hybridized carbons (Fsp3) is 0.647. The summed E-state index contributed by atoms with van der Waals surface area (Å²) in [7, 11) is 0. The Morgan fingerprint density at radius 3 is 2.79 bits per heavy atom. The predicted molar refractivity (Wildman–Crippen MR) is 94.6 cm³/mol. The van der Waals surface area contributed by atoms with E-state index in [4.69, 9.17) is 4.74 Å². The van der Waals surface area contributed by atoms with Gasteiger partial charge in [-0.15, -0.1) is 0 Å². The minimum absolute atomic E-state index is 0.177. The molecule has 2 fully saturated rings. The number of pyridine rings is 1. The highest BCUT2D eigenvalue weighted by atomic mass is 16.5. The molecule has 0 aliphatic carbocycles. The number of urea groups is 1. The monoisotopic (exact) mass is 333 g/mol. The van der Waals surface area contributed by atoms with Crippen LogP contribution in [0.5, 0.6) is 0 Å². The maximum absolute atomic E-state index is 12.3. The minimum Gasteiger partial charge on any atom is -0.379 e. The normalized spacial score (nSPS) is 20.0. The van der Waals surface area contributed by atoms with E-state index in [1.807, 2.05) is 12.1 Å². The van der Waals surface area contributed by atoms with Gasteiger partial charge in [0.25, 0.3) is 0 Å². The van der Waals surface area contributed by atoms with Crippen molar-refractivity contribution in [2.45, 2.75) is 25.8 Å². The molecule has 2 aliphatic heterocycles. The van der Waals surface area contributed by atoms with E-state index < -0.39 is 0 Å². The van der Waals surface area contributed by atoms with E-state index >= 15 is 0 Å². The first-order valence-electron chi connectivity index (χ1n) is 8.80. The van der Waals surface area contributed by atoms with Crippen molar-refractivity contribution in [2.24, 2.45) is 0 Å². The number of ether oxygens (including phenoxy) is 1. The van der Waals surface area contributed by atoms with E-state index in [0.717, 1.165) is 50.9 Å². The molecule has 7 heteroatoms. The average Bonchev–Trinajstić information content (AvgIpc) is 3.15. The molecule has 2 saturated heterocycles. The summed E-state index contributed by atoms with van der Waals surface area (Å²) in [6.07, 6.45) is 4.13. The number of hydrogen-bond donors (Lipinski definition) is 2. The largest absolute Gasteiger partial charge is 0.379 e. The molecule has 1 aromatic rings. The zero-order valence-electron chi connectivity index (χ0n) is 14.3. The van der Waals surface area contributed by atoms with Gasteiger partial charge in [-0.05, 0) is 31.9 Å². The van der Waals surface area contributed by atoms with Crippen LogP contribution in [0.3, 0.4) is 0 Å². The summed E-state index contributed by atoms with van der Waals surface area (Å²) < 4.78 is 5.36. The fourth-order valence-electron chi connectivity index (χ4n) is 3.23. The van der Waals surface area contributed by atoms with Crippen LogP contribution in [0.15, 0.2) is 18.3 Å². The van der Waals surface area contributed by atoms with Crippen LogP contribution in [0.2, 0.25) is 0 Å². The van der Waals surface area contributed by atoms with Gasteiger partial charge in [0.2, 0.25) is 0 Å². The highest BCUT2D eigenvalue weighted by Crippen LogP contribution is 2.25. The van der Waals surface area contributed by atoms with Crippen molar-refractivity contribution >= 4 is 17.5 Å². The Bertz CT molecular complexity index is 542. The predicted octanol–water partition coefficient (Wildman–Crippen LogP) is 1.52. The van der Waals surface area contributed by atoms with E-state index in [-0.39, 0.29) is 6.03 Å². The van der Waals surface area contributed by atoms with Crippen LogP contribution in [0.4, 0.5) is 16.3 Å². The highest BCUT2D eigenvalue weighted by molar-refractivity contribution is 5.92. The first-order chi connectivity index (χ1) is 11.7. The van der Waals surface area contributed by atoms with Gasteiger partial charge in [-0.2, -0.15) is 0 Å². The molecule has 0 radical (unpaired) electrons. The number of carbonyl (C=O) groups is 1. The number of aromatic nitrogens is 1. The standard InChI is InChI=1S/C17H27N5O2/c1-14(21-9-11-24-12-10-21)13-19-17(23)20-15-5-4-6-18-16(15)22-7-2-3-8-22/h4-6,14H,2-3,7-13H2,1H3,(H2,19,20,23)/t14-/m1/s1. The summed E-state index contributed by atoms with van der Waals surface area (Å²) in [4.78, 5) is 21.3. The molecule has 2 aliphatic rings. The molecule has 0 aromatic carbocycles. The van der Waals surface area contributed by atoms with E-state index in [1.165, 1.54) is 12.8 Å². The molecule has 0 bridgehead atoms. The molecule has 3 rings (SSSR count). The van der Waals surface area contributed by atoms with Crippen LogP contribution in [-0.2, 0) is 4.74 Å². The van der Waals surface area contributed by atoms with Gasteiger partial charge in [-0.25, -0.2) is 9.78 Å². The maximum atomic E-state index is 12.3. The topological polar surface area (TPSA) is 69.7 Å². The molecule has 1 atom stereocenters. The van der Waals surface area contributed by atoms with Crippen molar-refractivity contribution < 1.29 is 9.53 Å². The summed E-state index contributed by atoms with van der Waals surface area (Å²) in [5, 5.41) is 5.92. The lowest BCUT2D eigenvalue weighted by atomic mass is 10.2. The Morgan fingerprint density at radius 1 is 1.29 bits per heavy atom. The van der Waals surface area contributed by atoms with Gasteiger partial charge in [0, 0.05) is 45.0 Å². The number of morpholine rings is 1. The number of hydrogen-bond acceptors (Lipinski definition) is 5. The second-order valence-electron chi connectivity index (χ2n) is 6.40. The minimum atomic E-state index is -0.177. The second-order valence-corrected chi connectivity index (χ2v) is 6.40. The molecule has 24 heavy (non-hydrogen) atoms. The third kappa shape index (κ3) is 4.36. The van der Waals surface area contributed by atoms with Gasteiger partial charge in [0.1, 0.15) is 0 Å². The van der Waals surface area contributed by atoms with Crippen LogP contribution in [0.1, 0.15) is 19.8 Å². The molecular weight excluding hydrogens is 306 g/mol. The molecule has 0 spiro atoms. The van der Waals surface area contributed by atoms with Gasteiger partial charge in [0.15, 0.2) is 5.82 Å². The molecule has 2 N–H and O–H groups in total. The Balaban J connectivity index is 1.51. The summed E-state index contributed by atoms with van der Waals surface area (Å²) in [6.45, 7) is 8.13. The summed E-state index contributed by atoms with van der Waals surface area (Å²) in [5.74, 6) is 0.867. The smallest absolute Gasteiger partial charge is 0.319 e. The first kappa shape index (κ1) is 17.0. The zero-order valence-corrected chi connectivity index (χ0v) is 14.3. The molecule has 0 saturated carbocycles. The van der Waals surface area contributed by atoms with Gasteiger partial charge in [-0.3, -0.25) is 4.90 Å². The van der Waals surface area contributed by atoms with E-state index in [0.29, 0.717) is 12.6 Å². The average molecular weight is 333 g/mol. The molecular formula is C17H27N5O2. The molecule has 7 nitrogen and oxygen atoms in total. The SMILES string of the molecule is C[C@H](CNC(=O)Nc1cccnc1N1CCCC1)N1CCOCC1. The van der Waals surface area contributed by atoms with Crippen LogP contribution >= 0.6 is 0 Å². The Labute approximate surface area is 143 Å². The zero-order chi connectivity index (χ0) is 16.8. The first-order valence-corrected chi connectivity index (χ1v) is 8.80. The Hall–Kier alpha value is -1.86. The highest BCUT2D eigenvalue weighted by Gasteiger charge is 2.19. The van der Waals surface area contributed by atoms with Crippen molar-refractivity contribution in [3.63, 3.8) is 0 Å². The fourth-order valence-corrected chi connectivity index (χ4v) is 3.23. The lowest BCUT2D eigenvalue weighted by molar-refractivity contribution is 0.0209. The van der Waals surface area contributed by atoms with Crippen molar-refractivity contribution in [3.05, 3.63) is 18.3 Å². The molecule has 1 aromatic heterocycles. The van der Waals surface area contributed by atoms with Crippen molar-refractivity contribution in [1.82, 2.24) is 15.2 Å². The van der Waals surface area contributed by atoms with Gasteiger partial charge < -0.3 is 20.3 Å². The van der Waals surface area contributed by atoms with Gasteiger partial charge in [0.05, 0.1) is 18.9 Å². The number of nitrogens with one attached hydrogen (secondary N) is 2. The lowest BCUT2D eigenvalue weighted by Crippen LogP contribution is -2.47.